The number of anilines is 1. The maximum absolute atomic E-state index is 13.1. The average molecular weight is 396 g/mol. The molecule has 0 aliphatic carbocycles. The van der Waals surface area contributed by atoms with Crippen molar-refractivity contribution in [3.05, 3.63) is 77.1 Å². The molecule has 8 heteroatoms. The minimum atomic E-state index is -0.281. The summed E-state index contributed by atoms with van der Waals surface area (Å²) in [4.78, 5) is 31.8. The van der Waals surface area contributed by atoms with Crippen LogP contribution in [-0.4, -0.2) is 25.8 Å². The number of hydrogen-bond acceptors (Lipinski definition) is 6. The van der Waals surface area contributed by atoms with Crippen molar-refractivity contribution in [3.8, 4) is 0 Å². The predicted molar refractivity (Wildman–Crippen MR) is 106 cm³/mol. The predicted octanol–water partition coefficient (Wildman–Crippen LogP) is 4.29. The molecule has 1 amide bonds. The van der Waals surface area contributed by atoms with Crippen LogP contribution in [0.3, 0.4) is 0 Å². The molecule has 4 aromatic rings. The van der Waals surface area contributed by atoms with Crippen LogP contribution in [0.5, 0.6) is 0 Å². The van der Waals surface area contributed by atoms with Gasteiger partial charge >= 0.3 is 0 Å². The van der Waals surface area contributed by atoms with E-state index in [1.807, 2.05) is 37.3 Å². The summed E-state index contributed by atoms with van der Waals surface area (Å²) in [5, 5.41) is 1.21. The molecule has 1 aromatic carbocycles. The molecule has 0 aliphatic rings. The standard InChI is InChI=1S/C19H14ClN5OS/c1-12-8-13(20)9-16-17(12)24-19(27-16)25(11-14-4-2-3-5-22-14)18(26)15-10-21-6-7-23-15/h2-10H,11H2,1H3. The number of hydrogen-bond donors (Lipinski definition) is 0. The van der Waals surface area contributed by atoms with Gasteiger partial charge in [-0.25, -0.2) is 9.97 Å². The number of amides is 1. The normalized spacial score (nSPS) is 10.9. The Balaban J connectivity index is 1.80. The Morgan fingerprint density at radius 1 is 1.19 bits per heavy atom. The number of aromatic nitrogens is 4. The highest BCUT2D eigenvalue weighted by Gasteiger charge is 2.23. The molecule has 0 saturated carbocycles. The number of thiazole rings is 1. The van der Waals surface area contributed by atoms with Gasteiger partial charge in [0.2, 0.25) is 0 Å². The molecule has 0 radical (unpaired) electrons. The van der Waals surface area contributed by atoms with Gasteiger partial charge in [-0.15, -0.1) is 0 Å². The summed E-state index contributed by atoms with van der Waals surface area (Å²) in [6.45, 7) is 2.23. The molecule has 134 valence electrons. The van der Waals surface area contributed by atoms with Crippen LogP contribution in [-0.2, 0) is 6.54 Å². The van der Waals surface area contributed by atoms with Gasteiger partial charge in [0, 0.05) is 23.6 Å². The van der Waals surface area contributed by atoms with Gasteiger partial charge in [0.1, 0.15) is 5.69 Å². The first kappa shape index (κ1) is 17.5. The largest absolute Gasteiger partial charge is 0.280 e. The number of pyridine rings is 1. The second kappa shape index (κ2) is 7.38. The summed E-state index contributed by atoms with van der Waals surface area (Å²) >= 11 is 7.58. The van der Waals surface area contributed by atoms with E-state index in [1.54, 1.807) is 11.1 Å². The number of nitrogens with zero attached hydrogens (tertiary/aromatic N) is 5. The van der Waals surface area contributed by atoms with E-state index in [0.29, 0.717) is 10.2 Å². The molecular formula is C19H14ClN5OS. The van der Waals surface area contributed by atoms with Gasteiger partial charge in [-0.3, -0.25) is 19.7 Å². The van der Waals surface area contributed by atoms with Gasteiger partial charge in [0.15, 0.2) is 5.13 Å². The number of carbonyl (C=O) groups is 1. The lowest BCUT2D eigenvalue weighted by Gasteiger charge is -2.18. The van der Waals surface area contributed by atoms with Gasteiger partial charge in [-0.2, -0.15) is 0 Å². The lowest BCUT2D eigenvalue weighted by atomic mass is 10.2. The molecule has 27 heavy (non-hydrogen) atoms. The molecule has 0 saturated heterocycles. The monoisotopic (exact) mass is 395 g/mol. The third-order valence-corrected chi connectivity index (χ3v) is 5.19. The van der Waals surface area contributed by atoms with Crippen LogP contribution in [0.2, 0.25) is 5.02 Å². The fourth-order valence-corrected chi connectivity index (χ4v) is 4.10. The van der Waals surface area contributed by atoms with Gasteiger partial charge in [-0.05, 0) is 36.8 Å². The summed E-state index contributed by atoms with van der Waals surface area (Å²) in [6, 6.07) is 9.31. The minimum Gasteiger partial charge on any atom is -0.276 e. The van der Waals surface area contributed by atoms with Crippen LogP contribution in [0.25, 0.3) is 10.2 Å². The zero-order chi connectivity index (χ0) is 18.8. The number of carbonyl (C=O) groups excluding carboxylic acids is 1. The second-order valence-electron chi connectivity index (χ2n) is 5.87. The highest BCUT2D eigenvalue weighted by atomic mass is 35.5. The van der Waals surface area contributed by atoms with Crippen molar-refractivity contribution in [3.63, 3.8) is 0 Å². The first-order valence-corrected chi connectivity index (χ1v) is 9.36. The maximum atomic E-state index is 13.1. The zero-order valence-corrected chi connectivity index (χ0v) is 15.9. The lowest BCUT2D eigenvalue weighted by Crippen LogP contribution is -2.31. The van der Waals surface area contributed by atoms with Crippen LogP contribution in [0.4, 0.5) is 5.13 Å². The van der Waals surface area contributed by atoms with Crippen LogP contribution in [0.15, 0.2) is 55.1 Å². The number of aryl methyl sites for hydroxylation is 1. The van der Waals surface area contributed by atoms with Crippen molar-refractivity contribution in [1.29, 1.82) is 0 Å². The van der Waals surface area contributed by atoms with Crippen molar-refractivity contribution in [1.82, 2.24) is 19.9 Å². The van der Waals surface area contributed by atoms with Crippen molar-refractivity contribution in [2.75, 3.05) is 4.90 Å². The smallest absolute Gasteiger partial charge is 0.276 e. The van der Waals surface area contributed by atoms with Crippen LogP contribution >= 0.6 is 22.9 Å². The lowest BCUT2D eigenvalue weighted by molar-refractivity contribution is 0.0979. The minimum absolute atomic E-state index is 0.252. The summed E-state index contributed by atoms with van der Waals surface area (Å²) < 4.78 is 0.924. The Bertz CT molecular complexity index is 1100. The highest BCUT2D eigenvalue weighted by Crippen LogP contribution is 2.34. The quantitative estimate of drug-likeness (QED) is 0.515. The molecule has 0 N–H and O–H groups in total. The third-order valence-electron chi connectivity index (χ3n) is 3.94. The first-order chi connectivity index (χ1) is 13.1. The van der Waals surface area contributed by atoms with Crippen LogP contribution in [0, 0.1) is 6.92 Å². The first-order valence-electron chi connectivity index (χ1n) is 8.16. The Morgan fingerprint density at radius 3 is 2.81 bits per heavy atom. The molecule has 4 rings (SSSR count). The highest BCUT2D eigenvalue weighted by molar-refractivity contribution is 7.22. The van der Waals surface area contributed by atoms with E-state index >= 15 is 0 Å². The molecule has 0 unspecified atom stereocenters. The Labute approximate surface area is 164 Å². The van der Waals surface area contributed by atoms with E-state index in [9.17, 15) is 4.79 Å². The molecule has 3 aromatic heterocycles. The van der Waals surface area contributed by atoms with E-state index in [0.717, 1.165) is 21.5 Å². The molecule has 0 spiro atoms. The van der Waals surface area contributed by atoms with Crippen molar-refractivity contribution >= 4 is 44.2 Å². The Hall–Kier alpha value is -2.90. The summed E-state index contributed by atoms with van der Waals surface area (Å²) in [5.74, 6) is -0.281. The summed E-state index contributed by atoms with van der Waals surface area (Å²) in [5.41, 5.74) is 2.80. The fourth-order valence-electron chi connectivity index (χ4n) is 2.69. The molecule has 6 nitrogen and oxygen atoms in total. The number of rotatable bonds is 4. The van der Waals surface area contributed by atoms with Crippen molar-refractivity contribution in [2.45, 2.75) is 13.5 Å². The van der Waals surface area contributed by atoms with E-state index < -0.39 is 0 Å². The van der Waals surface area contributed by atoms with E-state index in [2.05, 4.69) is 19.9 Å². The third kappa shape index (κ3) is 3.65. The second-order valence-corrected chi connectivity index (χ2v) is 7.31. The van der Waals surface area contributed by atoms with Crippen LogP contribution < -0.4 is 4.90 Å². The maximum Gasteiger partial charge on any atom is 0.280 e. The van der Waals surface area contributed by atoms with Gasteiger partial charge in [0.25, 0.3) is 5.91 Å². The molecule has 0 bridgehead atoms. The van der Waals surface area contributed by atoms with Gasteiger partial charge < -0.3 is 0 Å². The summed E-state index contributed by atoms with van der Waals surface area (Å²) in [7, 11) is 0. The fraction of sp³-hybridized carbons (Fsp3) is 0.105. The van der Waals surface area contributed by atoms with E-state index in [1.165, 1.54) is 29.9 Å². The average Bonchev–Trinajstić information content (AvgIpc) is 3.11. The zero-order valence-electron chi connectivity index (χ0n) is 14.3. The van der Waals surface area contributed by atoms with E-state index in [-0.39, 0.29) is 18.1 Å². The topological polar surface area (TPSA) is 71.9 Å². The number of halogens is 1. The summed E-state index contributed by atoms with van der Waals surface area (Å²) in [6.07, 6.45) is 6.17. The van der Waals surface area contributed by atoms with Gasteiger partial charge in [-0.1, -0.05) is 29.0 Å². The Morgan fingerprint density at radius 2 is 2.07 bits per heavy atom. The van der Waals surface area contributed by atoms with Gasteiger partial charge in [0.05, 0.1) is 28.7 Å². The SMILES string of the molecule is Cc1cc(Cl)cc2sc(N(Cc3ccccn3)C(=O)c3cnccn3)nc12. The Kier molecular flexibility index (Phi) is 4.79. The van der Waals surface area contributed by atoms with Crippen molar-refractivity contribution < 1.29 is 4.79 Å². The molecule has 0 atom stereocenters. The molecule has 0 fully saturated rings. The molecule has 0 aliphatic heterocycles. The number of fused-ring (bicyclic) bond motifs is 1. The molecular weight excluding hydrogens is 382 g/mol. The van der Waals surface area contributed by atoms with Crippen molar-refractivity contribution in [2.24, 2.45) is 0 Å². The molecule has 3 heterocycles. The van der Waals surface area contributed by atoms with Crippen LogP contribution in [0.1, 0.15) is 21.7 Å². The van der Waals surface area contributed by atoms with E-state index in [4.69, 9.17) is 11.6 Å². The number of benzene rings is 1.